The number of aryl methyl sites for hydroxylation is 1. The average Bonchev–Trinajstić information content (AvgIpc) is 2.60. The highest BCUT2D eigenvalue weighted by atomic mass is 19.3. The van der Waals surface area contributed by atoms with Crippen molar-refractivity contribution in [3.05, 3.63) is 18.0 Å². The van der Waals surface area contributed by atoms with E-state index in [1.165, 1.54) is 10.9 Å². The minimum Gasteiger partial charge on any atom is -0.386 e. The summed E-state index contributed by atoms with van der Waals surface area (Å²) >= 11 is 0. The second-order valence-electron chi connectivity index (χ2n) is 3.01. The van der Waals surface area contributed by atoms with Gasteiger partial charge in [-0.1, -0.05) is 0 Å². The summed E-state index contributed by atoms with van der Waals surface area (Å²) in [5, 5.41) is 15.2. The molecule has 0 aromatic carbocycles. The summed E-state index contributed by atoms with van der Waals surface area (Å²) in [6.45, 7) is -0.255. The highest BCUT2D eigenvalue weighted by Gasteiger charge is 2.17. The molecule has 0 spiro atoms. The highest BCUT2D eigenvalue weighted by Crippen LogP contribution is 2.09. The fourth-order valence-electron chi connectivity index (χ4n) is 1.00. The lowest BCUT2D eigenvalue weighted by Crippen LogP contribution is -2.32. The van der Waals surface area contributed by atoms with E-state index in [-0.39, 0.29) is 6.54 Å². The first-order valence-electron chi connectivity index (χ1n) is 4.23. The third-order valence-electron chi connectivity index (χ3n) is 1.78. The second-order valence-corrected chi connectivity index (χ2v) is 3.01. The minimum absolute atomic E-state index is 0.255. The van der Waals surface area contributed by atoms with Crippen LogP contribution in [0, 0.1) is 0 Å². The van der Waals surface area contributed by atoms with Crippen molar-refractivity contribution in [3.8, 4) is 0 Å². The van der Waals surface area contributed by atoms with Crippen molar-refractivity contribution in [2.75, 3.05) is 6.54 Å². The van der Waals surface area contributed by atoms with Gasteiger partial charge in [0.15, 0.2) is 0 Å². The van der Waals surface area contributed by atoms with Crippen LogP contribution in [0.25, 0.3) is 0 Å². The van der Waals surface area contributed by atoms with E-state index < -0.39 is 18.4 Å². The number of amides is 1. The number of hydrogen-bond acceptors (Lipinski definition) is 3. The topological polar surface area (TPSA) is 67.2 Å². The fraction of sp³-hybridized carbons (Fsp3) is 0.500. The summed E-state index contributed by atoms with van der Waals surface area (Å²) in [6, 6.07) is 0. The zero-order chi connectivity index (χ0) is 11.4. The molecule has 5 nitrogen and oxygen atoms in total. The normalized spacial score (nSPS) is 12.9. The summed E-state index contributed by atoms with van der Waals surface area (Å²) in [6.07, 6.45) is -1.15. The number of aliphatic hydroxyl groups excluding tert-OH is 1. The van der Waals surface area contributed by atoms with Crippen molar-refractivity contribution in [2.45, 2.75) is 12.5 Å². The van der Waals surface area contributed by atoms with Crippen molar-refractivity contribution in [1.82, 2.24) is 15.1 Å². The third kappa shape index (κ3) is 3.28. The number of carbonyl (C=O) groups excluding carboxylic acids is 1. The van der Waals surface area contributed by atoms with Crippen LogP contribution in [0.1, 0.15) is 11.7 Å². The summed E-state index contributed by atoms with van der Waals surface area (Å²) in [7, 11) is 1.66. The minimum atomic E-state index is -3.06. The number of hydrogen-bond donors (Lipinski definition) is 2. The average molecular weight is 219 g/mol. The Morgan fingerprint density at radius 3 is 2.87 bits per heavy atom. The van der Waals surface area contributed by atoms with Crippen molar-refractivity contribution >= 4 is 5.91 Å². The zero-order valence-electron chi connectivity index (χ0n) is 8.02. The molecule has 0 aliphatic carbocycles. The first-order chi connectivity index (χ1) is 7.00. The van der Waals surface area contributed by atoms with Crippen LogP contribution >= 0.6 is 0 Å². The summed E-state index contributed by atoms with van der Waals surface area (Å²) in [5.41, 5.74) is 0.465. The van der Waals surface area contributed by atoms with Gasteiger partial charge in [-0.05, 0) is 0 Å². The van der Waals surface area contributed by atoms with Crippen molar-refractivity contribution in [3.63, 3.8) is 0 Å². The number of aromatic nitrogens is 2. The number of halogens is 2. The van der Waals surface area contributed by atoms with Crippen molar-refractivity contribution in [1.29, 1.82) is 0 Å². The van der Waals surface area contributed by atoms with E-state index in [1.54, 1.807) is 13.2 Å². The Hall–Kier alpha value is -1.50. The predicted octanol–water partition coefficient (Wildman–Crippen LogP) is -0.165. The Bertz CT molecular complexity index is 340. The van der Waals surface area contributed by atoms with Crippen LogP contribution in [0.15, 0.2) is 12.4 Å². The monoisotopic (exact) mass is 219 g/mol. The molecule has 1 rings (SSSR count). The van der Waals surface area contributed by atoms with Gasteiger partial charge in [0.1, 0.15) is 0 Å². The molecule has 0 saturated heterocycles. The molecule has 0 fully saturated rings. The van der Waals surface area contributed by atoms with E-state index in [0.29, 0.717) is 5.56 Å². The molecule has 1 amide bonds. The van der Waals surface area contributed by atoms with Crippen LogP contribution in [0.4, 0.5) is 8.78 Å². The maximum absolute atomic E-state index is 11.8. The third-order valence-corrected chi connectivity index (χ3v) is 1.78. The molecular formula is C8H11F2N3O2. The van der Waals surface area contributed by atoms with Gasteiger partial charge in [0.05, 0.1) is 12.3 Å². The van der Waals surface area contributed by atoms with Gasteiger partial charge in [-0.15, -0.1) is 0 Å². The molecule has 0 bridgehead atoms. The molecule has 0 saturated carbocycles. The van der Waals surface area contributed by atoms with Gasteiger partial charge >= 0.3 is 6.43 Å². The Morgan fingerprint density at radius 1 is 1.73 bits per heavy atom. The molecule has 1 aromatic rings. The van der Waals surface area contributed by atoms with E-state index in [9.17, 15) is 18.7 Å². The van der Waals surface area contributed by atoms with Gasteiger partial charge in [0.2, 0.25) is 0 Å². The summed E-state index contributed by atoms with van der Waals surface area (Å²) in [5.74, 6) is -1.39. The van der Waals surface area contributed by atoms with E-state index in [0.717, 1.165) is 0 Å². The van der Waals surface area contributed by atoms with Gasteiger partial charge < -0.3 is 10.4 Å². The number of carbonyl (C=O) groups is 1. The number of nitrogens with one attached hydrogen (secondary N) is 1. The first-order valence-corrected chi connectivity index (χ1v) is 4.23. The molecule has 1 heterocycles. The number of aliphatic hydroxyl groups is 1. The lowest BCUT2D eigenvalue weighted by atomic mass is 10.2. The van der Waals surface area contributed by atoms with Crippen molar-refractivity contribution < 1.29 is 18.7 Å². The van der Waals surface area contributed by atoms with Crippen LogP contribution in [0.5, 0.6) is 0 Å². The number of alkyl halides is 2. The van der Waals surface area contributed by atoms with Crippen LogP contribution in [0.2, 0.25) is 0 Å². The predicted molar refractivity (Wildman–Crippen MR) is 47.2 cm³/mol. The molecule has 0 aliphatic rings. The first kappa shape index (κ1) is 11.6. The van der Waals surface area contributed by atoms with Crippen LogP contribution < -0.4 is 5.32 Å². The second kappa shape index (κ2) is 4.83. The molecule has 0 radical (unpaired) electrons. The Kier molecular flexibility index (Phi) is 3.73. The molecule has 84 valence electrons. The maximum Gasteiger partial charge on any atom is 0.315 e. The molecular weight excluding hydrogens is 208 g/mol. The largest absolute Gasteiger partial charge is 0.386 e. The van der Waals surface area contributed by atoms with Gasteiger partial charge in [0, 0.05) is 25.4 Å². The maximum atomic E-state index is 11.8. The van der Waals surface area contributed by atoms with Crippen LogP contribution in [0.3, 0.4) is 0 Å². The quantitative estimate of drug-likeness (QED) is 0.739. The Labute approximate surface area is 84.7 Å². The van der Waals surface area contributed by atoms with Gasteiger partial charge in [-0.2, -0.15) is 13.9 Å². The molecule has 7 heteroatoms. The van der Waals surface area contributed by atoms with Crippen LogP contribution in [-0.2, 0) is 11.8 Å². The van der Waals surface area contributed by atoms with E-state index >= 15 is 0 Å². The van der Waals surface area contributed by atoms with Gasteiger partial charge in [-0.25, -0.2) is 0 Å². The molecule has 1 atom stereocenters. The van der Waals surface area contributed by atoms with Crippen LogP contribution in [-0.4, -0.2) is 33.8 Å². The standard InChI is InChI=1S/C8H11F2N3O2/c1-13-4-5(2-12-13)6(14)3-11-8(15)7(9)10/h2,4,6-7,14H,3H2,1H3,(H,11,15). The van der Waals surface area contributed by atoms with Gasteiger partial charge in [-0.3, -0.25) is 9.48 Å². The van der Waals surface area contributed by atoms with Crippen molar-refractivity contribution in [2.24, 2.45) is 7.05 Å². The number of nitrogens with zero attached hydrogens (tertiary/aromatic N) is 2. The lowest BCUT2D eigenvalue weighted by molar-refractivity contribution is -0.132. The molecule has 2 N–H and O–H groups in total. The van der Waals surface area contributed by atoms with Gasteiger partial charge in [0.25, 0.3) is 5.91 Å². The summed E-state index contributed by atoms with van der Waals surface area (Å²) in [4.78, 5) is 10.5. The highest BCUT2D eigenvalue weighted by molar-refractivity contribution is 5.79. The Balaban J connectivity index is 2.43. The molecule has 0 aliphatic heterocycles. The molecule has 15 heavy (non-hydrogen) atoms. The smallest absolute Gasteiger partial charge is 0.315 e. The molecule has 1 unspecified atom stereocenters. The zero-order valence-corrected chi connectivity index (χ0v) is 8.02. The lowest BCUT2D eigenvalue weighted by Gasteiger charge is -2.09. The molecule has 1 aromatic heterocycles. The van der Waals surface area contributed by atoms with E-state index in [4.69, 9.17) is 0 Å². The van der Waals surface area contributed by atoms with E-state index in [1.807, 2.05) is 5.32 Å². The number of rotatable bonds is 4. The Morgan fingerprint density at radius 2 is 2.40 bits per heavy atom. The van der Waals surface area contributed by atoms with E-state index in [2.05, 4.69) is 5.10 Å². The fourth-order valence-corrected chi connectivity index (χ4v) is 1.00. The summed E-state index contributed by atoms with van der Waals surface area (Å²) < 4.78 is 25.0. The SMILES string of the molecule is Cn1cc(C(O)CNC(=O)C(F)F)cn1.